The maximum absolute atomic E-state index is 12.4. The molecule has 0 radical (unpaired) electrons. The Morgan fingerprint density at radius 1 is 1.00 bits per heavy atom. The monoisotopic (exact) mass is 402 g/mol. The van der Waals surface area contributed by atoms with Crippen molar-refractivity contribution in [3.05, 3.63) is 59.1 Å². The van der Waals surface area contributed by atoms with Crippen LogP contribution in [0.25, 0.3) is 0 Å². The summed E-state index contributed by atoms with van der Waals surface area (Å²) >= 11 is 5.83. The van der Waals surface area contributed by atoms with E-state index in [-0.39, 0.29) is 18.9 Å². The number of halogens is 1. The number of esters is 1. The maximum atomic E-state index is 12.4. The van der Waals surface area contributed by atoms with Crippen molar-refractivity contribution in [3.63, 3.8) is 0 Å². The molecule has 1 aliphatic rings. The molecule has 28 heavy (non-hydrogen) atoms. The second-order valence-corrected chi connectivity index (χ2v) is 6.94. The Morgan fingerprint density at radius 3 is 2.36 bits per heavy atom. The third-order valence-corrected chi connectivity index (χ3v) is 4.93. The van der Waals surface area contributed by atoms with Crippen LogP contribution in [0.1, 0.15) is 5.56 Å². The lowest BCUT2D eigenvalue weighted by atomic mass is 10.1. The zero-order valence-corrected chi connectivity index (χ0v) is 16.5. The summed E-state index contributed by atoms with van der Waals surface area (Å²) in [6, 6.07) is 14.8. The Bertz CT molecular complexity index is 817. The molecule has 0 N–H and O–H groups in total. The summed E-state index contributed by atoms with van der Waals surface area (Å²) in [5.41, 5.74) is 1.82. The van der Waals surface area contributed by atoms with Gasteiger partial charge in [0, 0.05) is 31.2 Å². The van der Waals surface area contributed by atoms with Crippen molar-refractivity contribution in [1.29, 1.82) is 0 Å². The number of nitrogens with zero attached hydrogens (tertiary/aromatic N) is 2. The van der Waals surface area contributed by atoms with E-state index in [4.69, 9.17) is 21.1 Å². The largest absolute Gasteiger partial charge is 0.495 e. The third-order valence-electron chi connectivity index (χ3n) is 4.68. The Hall–Kier alpha value is -2.73. The van der Waals surface area contributed by atoms with Gasteiger partial charge in [-0.15, -0.1) is 0 Å². The molecule has 2 aromatic rings. The number of ether oxygens (including phenoxy) is 2. The van der Waals surface area contributed by atoms with Gasteiger partial charge in [-0.25, -0.2) is 0 Å². The van der Waals surface area contributed by atoms with Gasteiger partial charge in [-0.1, -0.05) is 35.9 Å². The van der Waals surface area contributed by atoms with Gasteiger partial charge in [0.2, 0.25) is 0 Å². The van der Waals surface area contributed by atoms with E-state index in [2.05, 4.69) is 4.90 Å². The Balaban J connectivity index is 1.45. The van der Waals surface area contributed by atoms with Crippen LogP contribution in [0.2, 0.25) is 5.02 Å². The molecule has 0 aliphatic carbocycles. The van der Waals surface area contributed by atoms with Crippen LogP contribution >= 0.6 is 11.6 Å². The fourth-order valence-electron chi connectivity index (χ4n) is 3.14. The number of carbonyl (C=O) groups is 2. The summed E-state index contributed by atoms with van der Waals surface area (Å²) in [5, 5.41) is 0.611. The van der Waals surface area contributed by atoms with E-state index in [9.17, 15) is 9.59 Å². The number of hydrogen-bond acceptors (Lipinski definition) is 5. The standard InChI is InChI=1S/C21H23ClN2O4/c1-27-19-5-3-2-4-18(19)23-10-12-24(13-11-23)20(25)15-28-21(26)14-16-6-8-17(22)9-7-16/h2-9H,10-15H2,1H3. The molecule has 7 heteroatoms. The molecule has 148 valence electrons. The van der Waals surface area contributed by atoms with Crippen LogP contribution < -0.4 is 9.64 Å². The fraction of sp³-hybridized carbons (Fsp3) is 0.333. The molecule has 0 aromatic heterocycles. The predicted octanol–water partition coefficient (Wildman–Crippen LogP) is 2.78. The summed E-state index contributed by atoms with van der Waals surface area (Å²) in [5.74, 6) is 0.214. The fourth-order valence-corrected chi connectivity index (χ4v) is 3.27. The first-order valence-electron chi connectivity index (χ1n) is 9.12. The molecule has 1 fully saturated rings. The lowest BCUT2D eigenvalue weighted by Gasteiger charge is -2.36. The highest BCUT2D eigenvalue weighted by atomic mass is 35.5. The van der Waals surface area contributed by atoms with Crippen molar-refractivity contribution in [2.45, 2.75) is 6.42 Å². The highest BCUT2D eigenvalue weighted by Crippen LogP contribution is 2.28. The number of para-hydroxylation sites is 2. The summed E-state index contributed by atoms with van der Waals surface area (Å²) in [6.07, 6.45) is 0.117. The number of anilines is 1. The highest BCUT2D eigenvalue weighted by molar-refractivity contribution is 6.30. The summed E-state index contributed by atoms with van der Waals surface area (Å²) in [4.78, 5) is 28.2. The maximum Gasteiger partial charge on any atom is 0.310 e. The van der Waals surface area contributed by atoms with E-state index in [0.29, 0.717) is 31.2 Å². The topological polar surface area (TPSA) is 59.1 Å². The second-order valence-electron chi connectivity index (χ2n) is 6.50. The molecular formula is C21H23ClN2O4. The molecule has 0 unspecified atom stereocenters. The average molecular weight is 403 g/mol. The van der Waals surface area contributed by atoms with E-state index in [1.54, 1.807) is 36.3 Å². The average Bonchev–Trinajstić information content (AvgIpc) is 2.73. The number of amides is 1. The van der Waals surface area contributed by atoms with Crippen LogP contribution in [-0.2, 0) is 20.7 Å². The minimum atomic E-state index is -0.427. The number of methoxy groups -OCH3 is 1. The minimum Gasteiger partial charge on any atom is -0.495 e. The van der Waals surface area contributed by atoms with E-state index >= 15 is 0 Å². The summed E-state index contributed by atoms with van der Waals surface area (Å²) in [6.45, 7) is 2.31. The number of carbonyl (C=O) groups excluding carboxylic acids is 2. The number of piperazine rings is 1. The van der Waals surface area contributed by atoms with Crippen LogP contribution in [0.3, 0.4) is 0 Å². The third kappa shape index (κ3) is 5.16. The highest BCUT2D eigenvalue weighted by Gasteiger charge is 2.23. The van der Waals surface area contributed by atoms with Crippen molar-refractivity contribution >= 4 is 29.2 Å². The number of hydrogen-bond donors (Lipinski definition) is 0. The smallest absolute Gasteiger partial charge is 0.310 e. The molecule has 0 saturated carbocycles. The molecule has 1 heterocycles. The van der Waals surface area contributed by atoms with E-state index in [0.717, 1.165) is 17.0 Å². The van der Waals surface area contributed by atoms with Crippen molar-refractivity contribution in [1.82, 2.24) is 4.90 Å². The molecule has 0 bridgehead atoms. The van der Waals surface area contributed by atoms with Gasteiger partial charge in [-0.2, -0.15) is 0 Å². The molecular weight excluding hydrogens is 380 g/mol. The first kappa shape index (κ1) is 20.0. The van der Waals surface area contributed by atoms with Gasteiger partial charge >= 0.3 is 5.97 Å². The normalized spacial score (nSPS) is 13.9. The molecule has 3 rings (SSSR count). The van der Waals surface area contributed by atoms with Gasteiger partial charge < -0.3 is 19.3 Å². The minimum absolute atomic E-state index is 0.117. The zero-order valence-electron chi connectivity index (χ0n) is 15.8. The molecule has 1 aliphatic heterocycles. The number of rotatable bonds is 6. The van der Waals surface area contributed by atoms with Gasteiger partial charge in [0.1, 0.15) is 5.75 Å². The lowest BCUT2D eigenvalue weighted by molar-refractivity contribution is -0.151. The van der Waals surface area contributed by atoms with Crippen LogP contribution in [0.4, 0.5) is 5.69 Å². The Kier molecular flexibility index (Phi) is 6.76. The zero-order chi connectivity index (χ0) is 19.9. The van der Waals surface area contributed by atoms with Gasteiger partial charge in [-0.05, 0) is 29.8 Å². The number of benzene rings is 2. The molecule has 0 spiro atoms. The van der Waals surface area contributed by atoms with Crippen molar-refractivity contribution in [2.24, 2.45) is 0 Å². The lowest BCUT2D eigenvalue weighted by Crippen LogP contribution is -2.50. The first-order valence-corrected chi connectivity index (χ1v) is 9.50. The molecule has 0 atom stereocenters. The van der Waals surface area contributed by atoms with Crippen molar-refractivity contribution in [3.8, 4) is 5.75 Å². The quantitative estimate of drug-likeness (QED) is 0.695. The van der Waals surface area contributed by atoms with Crippen LogP contribution in [-0.4, -0.2) is 56.7 Å². The van der Waals surface area contributed by atoms with Crippen LogP contribution in [0.5, 0.6) is 5.75 Å². The van der Waals surface area contributed by atoms with Gasteiger partial charge in [0.05, 0.1) is 19.2 Å². The Morgan fingerprint density at radius 2 is 1.68 bits per heavy atom. The molecule has 1 saturated heterocycles. The van der Waals surface area contributed by atoms with Crippen LogP contribution in [0, 0.1) is 0 Å². The molecule has 2 aromatic carbocycles. The summed E-state index contributed by atoms with van der Waals surface area (Å²) < 4.78 is 10.5. The van der Waals surface area contributed by atoms with E-state index in [1.165, 1.54) is 0 Å². The van der Waals surface area contributed by atoms with Gasteiger partial charge in [0.15, 0.2) is 6.61 Å². The van der Waals surface area contributed by atoms with Crippen LogP contribution in [0.15, 0.2) is 48.5 Å². The van der Waals surface area contributed by atoms with E-state index < -0.39 is 5.97 Å². The SMILES string of the molecule is COc1ccccc1N1CCN(C(=O)COC(=O)Cc2ccc(Cl)cc2)CC1. The Labute approximate surface area is 169 Å². The second kappa shape index (κ2) is 9.46. The first-order chi connectivity index (χ1) is 13.6. The van der Waals surface area contributed by atoms with Gasteiger partial charge in [-0.3, -0.25) is 9.59 Å². The summed E-state index contributed by atoms with van der Waals surface area (Å²) in [7, 11) is 1.65. The van der Waals surface area contributed by atoms with E-state index in [1.807, 2.05) is 24.3 Å². The molecule has 6 nitrogen and oxygen atoms in total. The van der Waals surface area contributed by atoms with Crippen molar-refractivity contribution < 1.29 is 19.1 Å². The van der Waals surface area contributed by atoms with Crippen molar-refractivity contribution in [2.75, 3.05) is 44.8 Å². The molecule has 1 amide bonds. The predicted molar refractivity (Wildman–Crippen MR) is 108 cm³/mol. The van der Waals surface area contributed by atoms with Gasteiger partial charge in [0.25, 0.3) is 5.91 Å².